The molecule has 0 aliphatic heterocycles. The third-order valence-electron chi connectivity index (χ3n) is 1.74. The van der Waals surface area contributed by atoms with E-state index in [1.165, 1.54) is 0 Å². The van der Waals surface area contributed by atoms with Gasteiger partial charge < -0.3 is 0 Å². The molecule has 0 fully saturated rings. The summed E-state index contributed by atoms with van der Waals surface area (Å²) in [5.74, 6) is -20.2. The van der Waals surface area contributed by atoms with Gasteiger partial charge in [0, 0.05) is 0 Å². The van der Waals surface area contributed by atoms with Gasteiger partial charge in [0.15, 0.2) is 0 Å². The molecule has 1 nitrogen and oxygen atoms in total. The molecule has 1 atom stereocenters. The molecule has 0 saturated heterocycles. The van der Waals surface area contributed by atoms with Gasteiger partial charge in [-0.15, -0.1) is 0 Å². The third kappa shape index (κ3) is 2.29. The second-order valence-electron chi connectivity index (χ2n) is 2.92. The van der Waals surface area contributed by atoms with E-state index < -0.39 is 30.2 Å². The van der Waals surface area contributed by atoms with Crippen molar-refractivity contribution in [1.29, 1.82) is 0 Å². The zero-order valence-corrected chi connectivity index (χ0v) is 7.86. The molecular weight excluding hydrogens is 276 g/mol. The summed E-state index contributed by atoms with van der Waals surface area (Å²) in [5.41, 5.74) is 0. The molecule has 0 radical (unpaired) electrons. The molecule has 0 spiro atoms. The van der Waals surface area contributed by atoms with Crippen LogP contribution >= 0.6 is 0 Å². The van der Waals surface area contributed by atoms with Gasteiger partial charge >= 0.3 is 23.9 Å². The van der Waals surface area contributed by atoms with Crippen LogP contribution in [-0.4, -0.2) is 37.3 Å². The smallest absolute Gasteiger partial charge is 0.286 e. The van der Waals surface area contributed by atoms with Gasteiger partial charge in [-0.3, -0.25) is 5.32 Å². The van der Waals surface area contributed by atoms with Crippen LogP contribution in [0, 0.1) is 0 Å². The first kappa shape index (κ1) is 16.3. The molecule has 0 amide bonds. The van der Waals surface area contributed by atoms with E-state index in [-0.39, 0.29) is 0 Å². The van der Waals surface area contributed by atoms with Crippen molar-refractivity contribution in [2.75, 3.05) is 7.05 Å². The largest absolute Gasteiger partial charge is 0.460 e. The predicted octanol–water partition coefficient (Wildman–Crippen LogP) is 2.97. The molecule has 1 unspecified atom stereocenters. The van der Waals surface area contributed by atoms with Crippen molar-refractivity contribution in [2.24, 2.45) is 0 Å². The lowest BCUT2D eigenvalue weighted by Gasteiger charge is -2.34. The van der Waals surface area contributed by atoms with Crippen LogP contribution in [0.15, 0.2) is 0 Å². The van der Waals surface area contributed by atoms with Crippen LogP contribution in [0.2, 0.25) is 0 Å². The SMILES string of the molecule is CNC(F)C(F)(F)C(F)(F)C(F)(F)C(F)(F)F. The topological polar surface area (TPSA) is 12.0 Å². The van der Waals surface area contributed by atoms with Gasteiger partial charge in [0.2, 0.25) is 6.30 Å². The van der Waals surface area contributed by atoms with Gasteiger partial charge in [-0.2, -0.15) is 39.5 Å². The molecule has 0 saturated carbocycles. The number of halogens is 10. The number of rotatable bonds is 4. The minimum atomic E-state index is -7.06. The van der Waals surface area contributed by atoms with E-state index in [2.05, 4.69) is 0 Å². The zero-order valence-electron chi connectivity index (χ0n) is 7.86. The minimum absolute atomic E-state index is 0.348. The summed E-state index contributed by atoms with van der Waals surface area (Å²) in [4.78, 5) is 0. The maximum atomic E-state index is 12.5. The van der Waals surface area contributed by atoms with Crippen molar-refractivity contribution in [1.82, 2.24) is 5.32 Å². The molecule has 0 heterocycles. The van der Waals surface area contributed by atoms with E-state index in [0.29, 0.717) is 7.05 Å². The highest BCUT2D eigenvalue weighted by Crippen LogP contribution is 2.54. The highest BCUT2D eigenvalue weighted by molar-refractivity contribution is 5.02. The van der Waals surface area contributed by atoms with E-state index in [0.717, 1.165) is 5.32 Å². The second-order valence-corrected chi connectivity index (χ2v) is 2.92. The Bertz CT molecular complexity index is 268. The normalized spacial score (nSPS) is 17.1. The van der Waals surface area contributed by atoms with Crippen LogP contribution in [-0.2, 0) is 0 Å². The fraction of sp³-hybridized carbons (Fsp3) is 1.00. The summed E-state index contributed by atoms with van der Waals surface area (Å²) in [7, 11) is 0.348. The highest BCUT2D eigenvalue weighted by atomic mass is 19.4. The van der Waals surface area contributed by atoms with E-state index in [1.807, 2.05) is 0 Å². The van der Waals surface area contributed by atoms with Crippen molar-refractivity contribution < 1.29 is 43.9 Å². The number of alkyl halides is 10. The molecule has 11 heteroatoms. The minimum Gasteiger partial charge on any atom is -0.286 e. The monoisotopic (exact) mass is 281 g/mol. The maximum Gasteiger partial charge on any atom is 0.460 e. The summed E-state index contributed by atoms with van der Waals surface area (Å²) >= 11 is 0. The second kappa shape index (κ2) is 4.18. The predicted molar refractivity (Wildman–Crippen MR) is 34.9 cm³/mol. The van der Waals surface area contributed by atoms with Crippen LogP contribution in [0.5, 0.6) is 0 Å². The van der Waals surface area contributed by atoms with E-state index in [1.54, 1.807) is 0 Å². The summed E-state index contributed by atoms with van der Waals surface area (Å²) in [5, 5.41) is 0.838. The Hall–Kier alpha value is -0.740. The molecule has 0 aliphatic rings. The number of nitrogens with one attached hydrogen (secondary N) is 1. The van der Waals surface area contributed by atoms with Crippen molar-refractivity contribution in [3.63, 3.8) is 0 Å². The molecule has 0 bridgehead atoms. The average Bonchev–Trinajstić information content (AvgIpc) is 2.13. The number of hydrogen-bond acceptors (Lipinski definition) is 1. The molecule has 1 N–H and O–H groups in total. The fourth-order valence-electron chi connectivity index (χ4n) is 0.728. The Kier molecular flexibility index (Phi) is 3.99. The molecule has 104 valence electrons. The Morgan fingerprint density at radius 1 is 0.765 bits per heavy atom. The van der Waals surface area contributed by atoms with Gasteiger partial charge in [0.25, 0.3) is 0 Å². The Morgan fingerprint density at radius 2 is 1.12 bits per heavy atom. The third-order valence-corrected chi connectivity index (χ3v) is 1.74. The molecule has 0 aromatic rings. The maximum absolute atomic E-state index is 12.5. The van der Waals surface area contributed by atoms with E-state index in [9.17, 15) is 43.9 Å². The first-order valence-corrected chi connectivity index (χ1v) is 3.75. The van der Waals surface area contributed by atoms with Crippen LogP contribution in [0.25, 0.3) is 0 Å². The van der Waals surface area contributed by atoms with Gasteiger partial charge in [0.05, 0.1) is 0 Å². The Balaban J connectivity index is 5.55. The van der Waals surface area contributed by atoms with E-state index in [4.69, 9.17) is 0 Å². The lowest BCUT2D eigenvalue weighted by molar-refractivity contribution is -0.403. The Labute approximate surface area is 87.8 Å². The fourth-order valence-corrected chi connectivity index (χ4v) is 0.728. The molecule has 17 heavy (non-hydrogen) atoms. The summed E-state index contributed by atoms with van der Waals surface area (Å²) in [6, 6.07) is 0. The first-order valence-electron chi connectivity index (χ1n) is 3.75. The van der Waals surface area contributed by atoms with Crippen molar-refractivity contribution in [3.05, 3.63) is 0 Å². The van der Waals surface area contributed by atoms with Crippen molar-refractivity contribution in [2.45, 2.75) is 30.2 Å². The molecular formula is C6H5F10N. The lowest BCUT2D eigenvalue weighted by atomic mass is 10.0. The van der Waals surface area contributed by atoms with Crippen LogP contribution in [0.4, 0.5) is 43.9 Å². The van der Waals surface area contributed by atoms with Gasteiger partial charge in [0.1, 0.15) is 0 Å². The van der Waals surface area contributed by atoms with Crippen LogP contribution in [0.1, 0.15) is 0 Å². The van der Waals surface area contributed by atoms with Gasteiger partial charge in [-0.1, -0.05) is 0 Å². The standard InChI is InChI=1S/C6H5F10N/c1-17-2(7)3(8,9)4(10,11)5(12,13)6(14,15)16/h2,17H,1H3. The summed E-state index contributed by atoms with van der Waals surface area (Å²) in [6.45, 7) is 0. The summed E-state index contributed by atoms with van der Waals surface area (Å²) < 4.78 is 121. The molecule has 0 aromatic heterocycles. The summed E-state index contributed by atoms with van der Waals surface area (Å²) in [6.07, 6.45) is -11.0. The van der Waals surface area contributed by atoms with Gasteiger partial charge in [-0.25, -0.2) is 4.39 Å². The number of hydrogen-bond donors (Lipinski definition) is 1. The van der Waals surface area contributed by atoms with Crippen LogP contribution in [0.3, 0.4) is 0 Å². The van der Waals surface area contributed by atoms with Crippen molar-refractivity contribution in [3.8, 4) is 0 Å². The zero-order chi connectivity index (χ0) is 14.3. The Morgan fingerprint density at radius 3 is 1.35 bits per heavy atom. The quantitative estimate of drug-likeness (QED) is 0.617. The molecule has 0 aliphatic carbocycles. The van der Waals surface area contributed by atoms with Crippen LogP contribution < -0.4 is 5.32 Å². The van der Waals surface area contributed by atoms with Gasteiger partial charge in [-0.05, 0) is 7.05 Å². The first-order chi connectivity index (χ1) is 7.23. The highest BCUT2D eigenvalue weighted by Gasteiger charge is 2.83. The van der Waals surface area contributed by atoms with Crippen molar-refractivity contribution >= 4 is 0 Å². The molecule has 0 aromatic carbocycles. The van der Waals surface area contributed by atoms with E-state index >= 15 is 0 Å². The molecule has 0 rings (SSSR count). The lowest BCUT2D eigenvalue weighted by Crippen LogP contribution is -2.65. The average molecular weight is 281 g/mol.